The van der Waals surface area contributed by atoms with E-state index in [1.54, 1.807) is 0 Å². The molecule has 222 valence electrons. The molecule has 0 aliphatic heterocycles. The van der Waals surface area contributed by atoms with Gasteiger partial charge in [0.05, 0.1) is 0 Å². The standard InChI is InChI=1S/C39H48O3/c1-2-3-4-5-6-7-8-9-10-26-39(40)42-38-25-16-15-24-36(38)32-20-17-21-33(28-32)41-29-37-34-22-13-11-18-30(34)27-31-19-12-14-23-35(31)37/h11-14,17-23,27-28,36,38H,2-10,15-16,24-26,29H2,1H3/t36-,38+/m0/s1. The van der Waals surface area contributed by atoms with E-state index in [2.05, 4.69) is 79.7 Å². The summed E-state index contributed by atoms with van der Waals surface area (Å²) in [6.45, 7) is 2.77. The van der Waals surface area contributed by atoms with E-state index in [1.807, 2.05) is 6.07 Å². The second-order valence-corrected chi connectivity index (χ2v) is 12.2. The Bertz CT molecular complexity index is 1370. The minimum atomic E-state index is -0.0397. The topological polar surface area (TPSA) is 35.5 Å². The van der Waals surface area contributed by atoms with Crippen LogP contribution in [0.2, 0.25) is 0 Å². The van der Waals surface area contributed by atoms with E-state index >= 15 is 0 Å². The largest absolute Gasteiger partial charge is 0.489 e. The number of hydrogen-bond acceptors (Lipinski definition) is 3. The number of rotatable bonds is 15. The first kappa shape index (κ1) is 30.1. The van der Waals surface area contributed by atoms with Gasteiger partial charge >= 0.3 is 5.97 Å². The smallest absolute Gasteiger partial charge is 0.306 e. The predicted octanol–water partition coefficient (Wildman–Crippen LogP) is 11.1. The molecule has 0 amide bonds. The van der Waals surface area contributed by atoms with Gasteiger partial charge in [-0.2, -0.15) is 0 Å². The van der Waals surface area contributed by atoms with Gasteiger partial charge in [-0.15, -0.1) is 0 Å². The summed E-state index contributed by atoms with van der Waals surface area (Å²) in [5.41, 5.74) is 2.44. The second-order valence-electron chi connectivity index (χ2n) is 12.2. The average molecular weight is 565 g/mol. The Hall–Kier alpha value is -3.33. The van der Waals surface area contributed by atoms with E-state index in [9.17, 15) is 4.79 Å². The van der Waals surface area contributed by atoms with Gasteiger partial charge in [-0.3, -0.25) is 4.79 Å². The molecule has 1 aliphatic rings. The lowest BCUT2D eigenvalue weighted by Crippen LogP contribution is -2.28. The van der Waals surface area contributed by atoms with Crippen molar-refractivity contribution in [1.82, 2.24) is 0 Å². The van der Waals surface area contributed by atoms with E-state index < -0.39 is 0 Å². The highest BCUT2D eigenvalue weighted by Crippen LogP contribution is 2.37. The van der Waals surface area contributed by atoms with Crippen molar-refractivity contribution in [3.8, 4) is 5.75 Å². The zero-order chi connectivity index (χ0) is 29.0. The highest BCUT2D eigenvalue weighted by atomic mass is 16.5. The fourth-order valence-corrected chi connectivity index (χ4v) is 6.68. The predicted molar refractivity (Wildman–Crippen MR) is 175 cm³/mol. The molecule has 0 heterocycles. The van der Waals surface area contributed by atoms with Crippen molar-refractivity contribution in [3.05, 3.63) is 90.0 Å². The van der Waals surface area contributed by atoms with Crippen LogP contribution in [0.15, 0.2) is 78.9 Å². The van der Waals surface area contributed by atoms with Crippen LogP contribution in [0.1, 0.15) is 114 Å². The van der Waals surface area contributed by atoms with Gasteiger partial charge in [-0.25, -0.2) is 0 Å². The molecule has 42 heavy (non-hydrogen) atoms. The lowest BCUT2D eigenvalue weighted by molar-refractivity contribution is -0.151. The van der Waals surface area contributed by atoms with Crippen LogP contribution in [0.25, 0.3) is 21.5 Å². The van der Waals surface area contributed by atoms with E-state index in [0.717, 1.165) is 37.9 Å². The Morgan fingerprint density at radius 1 is 0.714 bits per heavy atom. The van der Waals surface area contributed by atoms with Crippen molar-refractivity contribution < 1.29 is 14.3 Å². The van der Waals surface area contributed by atoms with Crippen LogP contribution < -0.4 is 4.74 Å². The lowest BCUT2D eigenvalue weighted by atomic mass is 9.81. The van der Waals surface area contributed by atoms with Crippen LogP contribution in [0.3, 0.4) is 0 Å². The van der Waals surface area contributed by atoms with Crippen molar-refractivity contribution in [2.75, 3.05) is 0 Å². The van der Waals surface area contributed by atoms with Crippen LogP contribution in [0.4, 0.5) is 0 Å². The third-order valence-electron chi connectivity index (χ3n) is 9.02. The molecule has 0 N–H and O–H groups in total. The van der Waals surface area contributed by atoms with E-state index in [0.29, 0.717) is 13.0 Å². The molecular weight excluding hydrogens is 516 g/mol. The zero-order valence-corrected chi connectivity index (χ0v) is 25.5. The molecule has 0 radical (unpaired) electrons. The van der Waals surface area contributed by atoms with Gasteiger partial charge in [0.15, 0.2) is 0 Å². The summed E-state index contributed by atoms with van der Waals surface area (Å²) >= 11 is 0. The normalized spacial score (nSPS) is 17.0. The Labute approximate surface area is 252 Å². The van der Waals surface area contributed by atoms with Crippen molar-refractivity contribution in [3.63, 3.8) is 0 Å². The van der Waals surface area contributed by atoms with Crippen LogP contribution in [0.5, 0.6) is 5.75 Å². The Balaban J connectivity index is 1.17. The molecule has 0 saturated heterocycles. The average Bonchev–Trinajstić information content (AvgIpc) is 3.02. The summed E-state index contributed by atoms with van der Waals surface area (Å²) in [5, 5.41) is 4.94. The molecule has 4 aromatic rings. The molecule has 1 aliphatic carbocycles. The fraction of sp³-hybridized carbons (Fsp3) is 0.462. The van der Waals surface area contributed by atoms with Crippen LogP contribution in [-0.4, -0.2) is 12.1 Å². The maximum absolute atomic E-state index is 12.8. The first-order chi connectivity index (χ1) is 20.7. The van der Waals surface area contributed by atoms with E-state index in [-0.39, 0.29) is 18.0 Å². The maximum Gasteiger partial charge on any atom is 0.306 e. The van der Waals surface area contributed by atoms with E-state index in [1.165, 1.54) is 84.0 Å². The molecule has 3 heteroatoms. The molecule has 5 rings (SSSR count). The number of esters is 1. The van der Waals surface area contributed by atoms with Crippen LogP contribution >= 0.6 is 0 Å². The first-order valence-corrected chi connectivity index (χ1v) is 16.5. The highest BCUT2D eigenvalue weighted by molar-refractivity contribution is 6.02. The Kier molecular flexibility index (Phi) is 11.3. The molecule has 3 nitrogen and oxygen atoms in total. The molecule has 2 atom stereocenters. The molecule has 1 fully saturated rings. The summed E-state index contributed by atoms with van der Waals surface area (Å²) in [4.78, 5) is 12.8. The minimum absolute atomic E-state index is 0.0231. The fourth-order valence-electron chi connectivity index (χ4n) is 6.68. The van der Waals surface area contributed by atoms with Gasteiger partial charge in [-0.05, 0) is 71.0 Å². The summed E-state index contributed by atoms with van der Waals surface area (Å²) in [7, 11) is 0. The van der Waals surface area contributed by atoms with Crippen molar-refractivity contribution in [1.29, 1.82) is 0 Å². The molecule has 0 aromatic heterocycles. The number of benzene rings is 4. The van der Waals surface area contributed by atoms with Gasteiger partial charge in [0.1, 0.15) is 18.5 Å². The molecule has 0 bridgehead atoms. The third kappa shape index (κ3) is 8.15. The quantitative estimate of drug-likeness (QED) is 0.0818. The highest BCUT2D eigenvalue weighted by Gasteiger charge is 2.29. The summed E-state index contributed by atoms with van der Waals surface area (Å²) in [6.07, 6.45) is 16.1. The second kappa shape index (κ2) is 15.8. The molecular formula is C39H48O3. The lowest BCUT2D eigenvalue weighted by Gasteiger charge is -2.31. The van der Waals surface area contributed by atoms with Gasteiger partial charge in [0, 0.05) is 17.9 Å². The van der Waals surface area contributed by atoms with Crippen molar-refractivity contribution >= 4 is 27.5 Å². The van der Waals surface area contributed by atoms with Gasteiger partial charge in [0.25, 0.3) is 0 Å². The van der Waals surface area contributed by atoms with Gasteiger partial charge in [-0.1, -0.05) is 125 Å². The molecule has 0 spiro atoms. The van der Waals surface area contributed by atoms with Crippen LogP contribution in [0, 0.1) is 0 Å². The molecule has 1 saturated carbocycles. The van der Waals surface area contributed by atoms with Crippen molar-refractivity contribution in [2.24, 2.45) is 0 Å². The molecule has 0 unspecified atom stereocenters. The summed E-state index contributed by atoms with van der Waals surface area (Å²) in [6, 6.07) is 27.8. The number of carbonyl (C=O) groups excluding carboxylic acids is 1. The number of hydrogen-bond donors (Lipinski definition) is 0. The monoisotopic (exact) mass is 564 g/mol. The van der Waals surface area contributed by atoms with E-state index in [4.69, 9.17) is 9.47 Å². The molecule has 4 aromatic carbocycles. The number of ether oxygens (including phenoxy) is 2. The Morgan fingerprint density at radius 3 is 2.07 bits per heavy atom. The summed E-state index contributed by atoms with van der Waals surface area (Å²) < 4.78 is 12.6. The number of fused-ring (bicyclic) bond motifs is 2. The minimum Gasteiger partial charge on any atom is -0.489 e. The Morgan fingerprint density at radius 2 is 1.36 bits per heavy atom. The van der Waals surface area contributed by atoms with Crippen molar-refractivity contribution in [2.45, 2.75) is 115 Å². The summed E-state index contributed by atoms with van der Waals surface area (Å²) in [5.74, 6) is 1.08. The SMILES string of the molecule is CCCCCCCCCCCC(=O)O[C@@H]1CCCC[C@H]1c1cccc(OCc2c3ccccc3cc3ccccc23)c1. The maximum atomic E-state index is 12.8. The zero-order valence-electron chi connectivity index (χ0n) is 25.5. The number of carbonyl (C=O) groups is 1. The van der Waals surface area contributed by atoms with Gasteiger partial charge in [0.2, 0.25) is 0 Å². The van der Waals surface area contributed by atoms with Crippen LogP contribution in [-0.2, 0) is 16.1 Å². The first-order valence-electron chi connectivity index (χ1n) is 16.5. The van der Waals surface area contributed by atoms with Gasteiger partial charge < -0.3 is 9.47 Å². The number of unbranched alkanes of at least 4 members (excludes halogenated alkanes) is 8. The third-order valence-corrected chi connectivity index (χ3v) is 9.02.